The molecule has 0 saturated carbocycles. The van der Waals surface area contributed by atoms with Crippen molar-refractivity contribution in [1.29, 1.82) is 0 Å². The summed E-state index contributed by atoms with van der Waals surface area (Å²) in [5.74, 6) is 0.556. The molecule has 31 heavy (non-hydrogen) atoms. The molecule has 0 bridgehead atoms. The van der Waals surface area contributed by atoms with Crippen LogP contribution in [0.4, 0.5) is 18.9 Å². The second-order valence-electron chi connectivity index (χ2n) is 7.05. The zero-order valence-corrected chi connectivity index (χ0v) is 15.8. The zero-order chi connectivity index (χ0) is 21.6. The van der Waals surface area contributed by atoms with Gasteiger partial charge in [-0.05, 0) is 36.4 Å². The molecule has 1 amide bonds. The number of carbonyl (C=O) groups excluding carboxylic acids is 1. The fourth-order valence-corrected chi connectivity index (χ4v) is 3.45. The van der Waals surface area contributed by atoms with Crippen molar-refractivity contribution in [2.45, 2.75) is 18.5 Å². The van der Waals surface area contributed by atoms with E-state index >= 15 is 0 Å². The van der Waals surface area contributed by atoms with Gasteiger partial charge in [0.25, 0.3) is 5.89 Å². The van der Waals surface area contributed by atoms with Crippen molar-refractivity contribution >= 4 is 11.6 Å². The maximum atomic E-state index is 12.8. The maximum Gasteiger partial charge on any atom is 0.416 e. The minimum Gasteiger partial charge on any atom is -0.463 e. The molecule has 11 heteroatoms. The third-order valence-electron chi connectivity index (χ3n) is 5.02. The van der Waals surface area contributed by atoms with Crippen LogP contribution in [0.25, 0.3) is 23.0 Å². The molecule has 1 aromatic carbocycles. The fraction of sp³-hybridized carbons (Fsp3) is 0.200. The van der Waals surface area contributed by atoms with Gasteiger partial charge in [0.15, 0.2) is 11.6 Å². The molecule has 8 nitrogen and oxygen atoms in total. The van der Waals surface area contributed by atoms with E-state index in [9.17, 15) is 18.0 Å². The van der Waals surface area contributed by atoms with Crippen molar-refractivity contribution in [3.63, 3.8) is 0 Å². The van der Waals surface area contributed by atoms with Crippen molar-refractivity contribution < 1.29 is 26.9 Å². The van der Waals surface area contributed by atoms with Gasteiger partial charge >= 0.3 is 6.18 Å². The molecule has 0 aliphatic carbocycles. The molecule has 1 saturated heterocycles. The number of aromatic nitrogens is 4. The van der Waals surface area contributed by atoms with Crippen LogP contribution in [0.3, 0.4) is 0 Å². The summed E-state index contributed by atoms with van der Waals surface area (Å²) in [4.78, 5) is 18.2. The normalized spacial score (nSPS) is 16.9. The number of H-pyrrole nitrogens is 1. The molecule has 1 unspecified atom stereocenters. The van der Waals surface area contributed by atoms with Crippen LogP contribution in [-0.4, -0.2) is 32.8 Å². The maximum absolute atomic E-state index is 12.8. The van der Waals surface area contributed by atoms with Crippen LogP contribution in [0.5, 0.6) is 0 Å². The SMILES string of the molecule is O=C1CC(c2noc(-c3cc(-c4ccco4)n[nH]3)n2)CN1c1ccc(C(F)(F)F)cc1. The summed E-state index contributed by atoms with van der Waals surface area (Å²) in [5, 5.41) is 10.9. The Morgan fingerprint density at radius 3 is 2.68 bits per heavy atom. The van der Waals surface area contributed by atoms with E-state index in [1.165, 1.54) is 23.3 Å². The quantitative estimate of drug-likeness (QED) is 0.520. The highest BCUT2D eigenvalue weighted by molar-refractivity contribution is 5.96. The Kier molecular flexibility index (Phi) is 4.38. The number of nitrogens with one attached hydrogen (secondary N) is 1. The number of anilines is 1. The number of aromatic amines is 1. The number of benzene rings is 1. The van der Waals surface area contributed by atoms with E-state index in [4.69, 9.17) is 8.94 Å². The topological polar surface area (TPSA) is 101 Å². The first-order valence-electron chi connectivity index (χ1n) is 9.29. The van der Waals surface area contributed by atoms with Crippen LogP contribution in [0.15, 0.2) is 57.7 Å². The van der Waals surface area contributed by atoms with E-state index < -0.39 is 11.7 Å². The minimum atomic E-state index is -4.43. The smallest absolute Gasteiger partial charge is 0.416 e. The molecule has 1 aliphatic rings. The summed E-state index contributed by atoms with van der Waals surface area (Å²) >= 11 is 0. The van der Waals surface area contributed by atoms with E-state index in [-0.39, 0.29) is 30.7 Å². The van der Waals surface area contributed by atoms with E-state index in [2.05, 4.69) is 20.3 Å². The summed E-state index contributed by atoms with van der Waals surface area (Å²) in [6.45, 7) is 0.240. The Morgan fingerprint density at radius 2 is 1.97 bits per heavy atom. The number of amides is 1. The second-order valence-corrected chi connectivity index (χ2v) is 7.05. The number of carbonyl (C=O) groups is 1. The van der Waals surface area contributed by atoms with Gasteiger partial charge in [0, 0.05) is 30.6 Å². The van der Waals surface area contributed by atoms with Crippen molar-refractivity contribution in [1.82, 2.24) is 20.3 Å². The Bertz CT molecular complexity index is 1210. The summed E-state index contributed by atoms with van der Waals surface area (Å²) < 4.78 is 48.9. The molecule has 4 aromatic rings. The van der Waals surface area contributed by atoms with Crippen LogP contribution < -0.4 is 4.90 Å². The molecule has 1 atom stereocenters. The lowest BCUT2D eigenvalue weighted by Gasteiger charge is -2.17. The molecule has 0 radical (unpaired) electrons. The van der Waals surface area contributed by atoms with Crippen LogP contribution in [0, 0.1) is 0 Å². The number of hydrogen-bond acceptors (Lipinski definition) is 6. The van der Waals surface area contributed by atoms with Gasteiger partial charge < -0.3 is 13.8 Å². The Labute approximate surface area is 172 Å². The third kappa shape index (κ3) is 3.58. The molecule has 3 aromatic heterocycles. The Hall–Kier alpha value is -3.89. The first-order valence-corrected chi connectivity index (χ1v) is 9.29. The van der Waals surface area contributed by atoms with Gasteiger partial charge in [0.1, 0.15) is 11.4 Å². The number of furan rings is 1. The highest BCUT2D eigenvalue weighted by Crippen LogP contribution is 2.34. The average molecular weight is 429 g/mol. The van der Waals surface area contributed by atoms with Crippen LogP contribution >= 0.6 is 0 Å². The molecular formula is C20H14F3N5O3. The van der Waals surface area contributed by atoms with E-state index in [0.29, 0.717) is 28.7 Å². The Balaban J connectivity index is 1.32. The van der Waals surface area contributed by atoms with Gasteiger partial charge in [0.05, 0.1) is 11.8 Å². The highest BCUT2D eigenvalue weighted by Gasteiger charge is 2.36. The van der Waals surface area contributed by atoms with E-state index in [1.807, 2.05) is 0 Å². The van der Waals surface area contributed by atoms with Gasteiger partial charge in [-0.15, -0.1) is 0 Å². The monoisotopic (exact) mass is 429 g/mol. The number of rotatable bonds is 4. The molecule has 4 heterocycles. The molecular weight excluding hydrogens is 415 g/mol. The Morgan fingerprint density at radius 1 is 1.16 bits per heavy atom. The summed E-state index contributed by atoms with van der Waals surface area (Å²) in [7, 11) is 0. The van der Waals surface area contributed by atoms with Crippen molar-refractivity contribution in [2.75, 3.05) is 11.4 Å². The van der Waals surface area contributed by atoms with Crippen molar-refractivity contribution in [2.24, 2.45) is 0 Å². The summed E-state index contributed by atoms with van der Waals surface area (Å²) in [6.07, 6.45) is -2.77. The van der Waals surface area contributed by atoms with Crippen molar-refractivity contribution in [3.05, 3.63) is 60.1 Å². The largest absolute Gasteiger partial charge is 0.463 e. The molecule has 1 N–H and O–H groups in total. The standard InChI is InChI=1S/C20H14F3N5O3/c21-20(22,23)12-3-5-13(6-4-12)28-10-11(8-17(28)29)18-24-19(31-27-18)15-9-14(25-26-15)16-2-1-7-30-16/h1-7,9,11H,8,10H2,(H,25,26). The summed E-state index contributed by atoms with van der Waals surface area (Å²) in [5.41, 5.74) is 0.690. The predicted octanol–water partition coefficient (Wildman–Crippen LogP) is 4.26. The van der Waals surface area contributed by atoms with Gasteiger partial charge in [-0.3, -0.25) is 9.89 Å². The third-order valence-corrected chi connectivity index (χ3v) is 5.02. The van der Waals surface area contributed by atoms with Crippen LogP contribution in [0.1, 0.15) is 23.7 Å². The number of alkyl halides is 3. The predicted molar refractivity (Wildman–Crippen MR) is 101 cm³/mol. The van der Waals surface area contributed by atoms with Crippen LogP contribution in [0.2, 0.25) is 0 Å². The minimum absolute atomic E-state index is 0.126. The lowest BCUT2D eigenvalue weighted by molar-refractivity contribution is -0.137. The molecule has 1 fully saturated rings. The first-order chi connectivity index (χ1) is 14.9. The highest BCUT2D eigenvalue weighted by atomic mass is 19.4. The second kappa shape index (κ2) is 7.11. The zero-order valence-electron chi connectivity index (χ0n) is 15.8. The first kappa shape index (κ1) is 19.1. The molecule has 1 aliphatic heterocycles. The van der Waals surface area contributed by atoms with E-state index in [1.54, 1.807) is 18.2 Å². The lowest BCUT2D eigenvalue weighted by atomic mass is 10.1. The van der Waals surface area contributed by atoms with E-state index in [0.717, 1.165) is 12.1 Å². The van der Waals surface area contributed by atoms with Crippen molar-refractivity contribution in [3.8, 4) is 23.0 Å². The summed E-state index contributed by atoms with van der Waals surface area (Å²) in [6, 6.07) is 9.68. The number of hydrogen-bond donors (Lipinski definition) is 1. The molecule has 5 rings (SSSR count). The van der Waals surface area contributed by atoms with Gasteiger partial charge in [-0.2, -0.15) is 23.3 Å². The van der Waals surface area contributed by atoms with Gasteiger partial charge in [0.2, 0.25) is 5.91 Å². The van der Waals surface area contributed by atoms with Gasteiger partial charge in [-0.25, -0.2) is 0 Å². The fourth-order valence-electron chi connectivity index (χ4n) is 3.45. The lowest BCUT2D eigenvalue weighted by Crippen LogP contribution is -2.24. The average Bonchev–Trinajstić information content (AvgIpc) is 3.52. The van der Waals surface area contributed by atoms with Gasteiger partial charge in [-0.1, -0.05) is 5.16 Å². The molecule has 0 spiro atoms. The van der Waals surface area contributed by atoms with Crippen LogP contribution in [-0.2, 0) is 11.0 Å². The number of nitrogens with zero attached hydrogens (tertiary/aromatic N) is 4. The number of halogens is 3. The molecule has 158 valence electrons.